The van der Waals surface area contributed by atoms with Gasteiger partial charge in [-0.3, -0.25) is 0 Å². The van der Waals surface area contributed by atoms with E-state index in [1.54, 1.807) is 0 Å². The number of benzene rings is 1. The molecule has 1 aromatic heterocycles. The molecule has 1 aliphatic rings. The van der Waals surface area contributed by atoms with Gasteiger partial charge in [0.2, 0.25) is 0 Å². The number of nitrogens with one attached hydrogen (secondary N) is 1. The predicted molar refractivity (Wildman–Crippen MR) is 98.7 cm³/mol. The second kappa shape index (κ2) is 6.13. The van der Waals surface area contributed by atoms with Crippen molar-refractivity contribution in [3.05, 3.63) is 29.3 Å². The molecule has 1 aromatic carbocycles. The van der Waals surface area contributed by atoms with Gasteiger partial charge in [-0.15, -0.1) is 11.3 Å². The summed E-state index contributed by atoms with van der Waals surface area (Å²) in [5, 5.41) is 5.58. The first kappa shape index (κ1) is 15.7. The number of aromatic nitrogens is 1. The van der Waals surface area contributed by atoms with Gasteiger partial charge in [0.25, 0.3) is 0 Å². The zero-order valence-electron chi connectivity index (χ0n) is 13.4. The molecule has 5 heteroatoms. The molecule has 3 rings (SSSR count). The van der Waals surface area contributed by atoms with Crippen molar-refractivity contribution < 1.29 is 0 Å². The molecular formula is C17H23N3S2. The minimum Gasteiger partial charge on any atom is -0.358 e. The highest BCUT2D eigenvalue weighted by atomic mass is 32.1. The smallest absolute Gasteiger partial charge is 0.169 e. The summed E-state index contributed by atoms with van der Waals surface area (Å²) < 4.78 is 1.30. The number of thiazole rings is 1. The van der Waals surface area contributed by atoms with Crippen LogP contribution >= 0.6 is 23.6 Å². The molecule has 2 heterocycles. The highest BCUT2D eigenvalue weighted by Gasteiger charge is 2.25. The fraction of sp³-hybridized carbons (Fsp3) is 0.529. The Morgan fingerprint density at radius 2 is 1.95 bits per heavy atom. The van der Waals surface area contributed by atoms with Gasteiger partial charge in [-0.1, -0.05) is 12.1 Å². The molecule has 118 valence electrons. The summed E-state index contributed by atoms with van der Waals surface area (Å²) >= 11 is 7.38. The van der Waals surface area contributed by atoms with Gasteiger partial charge in [0.05, 0.1) is 15.2 Å². The number of para-hydroxylation sites is 1. The SMILES string of the molecule is CC(C)(C)NC(=S)N1CCC(c2nc3ccccc3s2)CC1. The summed E-state index contributed by atoms with van der Waals surface area (Å²) in [6, 6.07) is 8.41. The Bertz CT molecular complexity index is 631. The van der Waals surface area contributed by atoms with Crippen molar-refractivity contribution in [1.82, 2.24) is 15.2 Å². The number of hydrogen-bond donors (Lipinski definition) is 1. The molecule has 0 spiro atoms. The van der Waals surface area contributed by atoms with Gasteiger partial charge in [-0.05, 0) is 58.0 Å². The summed E-state index contributed by atoms with van der Waals surface area (Å²) in [6.07, 6.45) is 2.26. The molecule has 22 heavy (non-hydrogen) atoms. The van der Waals surface area contributed by atoms with Crippen LogP contribution in [0.3, 0.4) is 0 Å². The molecule has 0 amide bonds. The number of thiocarbonyl (C=S) groups is 1. The summed E-state index contributed by atoms with van der Waals surface area (Å²) in [7, 11) is 0. The molecule has 0 unspecified atom stereocenters. The fourth-order valence-corrected chi connectivity index (χ4v) is 4.42. The van der Waals surface area contributed by atoms with Crippen molar-refractivity contribution in [2.24, 2.45) is 0 Å². The Morgan fingerprint density at radius 3 is 2.59 bits per heavy atom. The molecule has 0 radical (unpaired) electrons. The Labute approximate surface area is 141 Å². The van der Waals surface area contributed by atoms with Crippen LogP contribution in [0, 0.1) is 0 Å². The fourth-order valence-electron chi connectivity index (χ4n) is 2.79. The molecule has 0 aliphatic carbocycles. The lowest BCUT2D eigenvalue weighted by Gasteiger charge is -2.35. The molecule has 0 bridgehead atoms. The molecular weight excluding hydrogens is 310 g/mol. The molecule has 3 nitrogen and oxygen atoms in total. The van der Waals surface area contributed by atoms with E-state index in [-0.39, 0.29) is 5.54 Å². The first-order valence-corrected chi connectivity index (χ1v) is 9.07. The Morgan fingerprint density at radius 1 is 1.27 bits per heavy atom. The maximum absolute atomic E-state index is 5.53. The molecule has 2 aromatic rings. The van der Waals surface area contributed by atoms with Crippen LogP contribution in [0.15, 0.2) is 24.3 Å². The number of nitrogens with zero attached hydrogens (tertiary/aromatic N) is 2. The monoisotopic (exact) mass is 333 g/mol. The lowest BCUT2D eigenvalue weighted by Crippen LogP contribution is -2.50. The summed E-state index contributed by atoms with van der Waals surface area (Å²) in [5.74, 6) is 0.575. The normalized spacial score (nSPS) is 17.0. The second-order valence-corrected chi connectivity index (χ2v) is 8.41. The largest absolute Gasteiger partial charge is 0.358 e. The highest BCUT2D eigenvalue weighted by Crippen LogP contribution is 2.33. The Balaban J connectivity index is 1.63. The summed E-state index contributed by atoms with van der Waals surface area (Å²) in [4.78, 5) is 7.11. The number of rotatable bonds is 1. The van der Waals surface area contributed by atoms with Crippen LogP contribution in [0.4, 0.5) is 0 Å². The van der Waals surface area contributed by atoms with Crippen molar-refractivity contribution in [3.63, 3.8) is 0 Å². The number of likely N-dealkylation sites (tertiary alicyclic amines) is 1. The standard InChI is InChI=1S/C17H23N3S2/c1-17(2,3)19-16(21)20-10-8-12(9-11-20)15-18-13-6-4-5-7-14(13)22-15/h4-7,12H,8-11H2,1-3H3,(H,19,21). The van der Waals surface area contributed by atoms with E-state index in [1.807, 2.05) is 11.3 Å². The first-order chi connectivity index (χ1) is 10.4. The quantitative estimate of drug-likeness (QED) is 0.794. The average Bonchev–Trinajstić information content (AvgIpc) is 2.89. The molecule has 0 atom stereocenters. The van der Waals surface area contributed by atoms with Gasteiger partial charge in [-0.25, -0.2) is 4.98 Å². The Kier molecular flexibility index (Phi) is 4.37. The first-order valence-electron chi connectivity index (χ1n) is 7.85. The third kappa shape index (κ3) is 3.58. The zero-order chi connectivity index (χ0) is 15.7. The third-order valence-electron chi connectivity index (χ3n) is 3.92. The van der Waals surface area contributed by atoms with Crippen LogP contribution in [0.25, 0.3) is 10.2 Å². The summed E-state index contributed by atoms with van der Waals surface area (Å²) in [6.45, 7) is 8.47. The average molecular weight is 334 g/mol. The second-order valence-electron chi connectivity index (χ2n) is 6.96. The maximum atomic E-state index is 5.53. The van der Waals surface area contributed by atoms with Gasteiger partial charge in [0.1, 0.15) is 0 Å². The highest BCUT2D eigenvalue weighted by molar-refractivity contribution is 7.80. The van der Waals surface area contributed by atoms with Crippen LogP contribution in [-0.2, 0) is 0 Å². The number of piperidine rings is 1. The summed E-state index contributed by atoms with van der Waals surface area (Å²) in [5.41, 5.74) is 1.16. The molecule has 1 aliphatic heterocycles. The minimum atomic E-state index is 0.0287. The van der Waals surface area contributed by atoms with Gasteiger partial charge in [0.15, 0.2) is 5.11 Å². The van der Waals surface area contributed by atoms with Gasteiger partial charge in [0, 0.05) is 24.5 Å². The molecule has 0 saturated carbocycles. The van der Waals surface area contributed by atoms with Crippen LogP contribution in [-0.4, -0.2) is 33.6 Å². The van der Waals surface area contributed by atoms with Crippen LogP contribution in [0.2, 0.25) is 0 Å². The zero-order valence-corrected chi connectivity index (χ0v) is 15.1. The van der Waals surface area contributed by atoms with E-state index in [0.29, 0.717) is 5.92 Å². The van der Waals surface area contributed by atoms with E-state index in [9.17, 15) is 0 Å². The topological polar surface area (TPSA) is 28.2 Å². The van der Waals surface area contributed by atoms with Gasteiger partial charge >= 0.3 is 0 Å². The van der Waals surface area contributed by atoms with Crippen molar-refractivity contribution in [3.8, 4) is 0 Å². The van der Waals surface area contributed by atoms with E-state index >= 15 is 0 Å². The molecule has 1 saturated heterocycles. The van der Waals surface area contributed by atoms with Crippen LogP contribution in [0.5, 0.6) is 0 Å². The minimum absolute atomic E-state index is 0.0287. The lowest BCUT2D eigenvalue weighted by molar-refractivity contribution is 0.301. The van der Waals surface area contributed by atoms with E-state index in [0.717, 1.165) is 36.6 Å². The lowest BCUT2D eigenvalue weighted by atomic mass is 9.98. The van der Waals surface area contributed by atoms with Gasteiger partial charge < -0.3 is 10.2 Å². The van der Waals surface area contributed by atoms with E-state index in [4.69, 9.17) is 17.2 Å². The number of fused-ring (bicyclic) bond motifs is 1. The van der Waals surface area contributed by atoms with E-state index in [1.165, 1.54) is 9.71 Å². The van der Waals surface area contributed by atoms with Crippen LogP contribution in [0.1, 0.15) is 44.5 Å². The molecule has 1 fully saturated rings. The van der Waals surface area contributed by atoms with E-state index < -0.39 is 0 Å². The number of hydrogen-bond acceptors (Lipinski definition) is 3. The van der Waals surface area contributed by atoms with Crippen molar-refractivity contribution in [1.29, 1.82) is 0 Å². The van der Waals surface area contributed by atoms with Crippen molar-refractivity contribution in [2.75, 3.05) is 13.1 Å². The predicted octanol–water partition coefficient (Wildman–Crippen LogP) is 4.15. The van der Waals surface area contributed by atoms with Gasteiger partial charge in [-0.2, -0.15) is 0 Å². The third-order valence-corrected chi connectivity index (χ3v) is 5.48. The maximum Gasteiger partial charge on any atom is 0.169 e. The molecule has 1 N–H and O–H groups in total. The van der Waals surface area contributed by atoms with Crippen LogP contribution < -0.4 is 5.32 Å². The Hall–Kier alpha value is -1.20. The van der Waals surface area contributed by atoms with Crippen molar-refractivity contribution >= 4 is 38.9 Å². The van der Waals surface area contributed by atoms with E-state index in [2.05, 4.69) is 55.3 Å². The van der Waals surface area contributed by atoms with Crippen molar-refractivity contribution in [2.45, 2.75) is 45.1 Å².